The lowest BCUT2D eigenvalue weighted by molar-refractivity contribution is -0.346. The molecule has 0 unspecified atom stereocenters. The zero-order valence-electron chi connectivity index (χ0n) is 39.2. The number of carbonyl (C=O) groups excluding carboxylic acids is 8. The molecule has 1 saturated heterocycles. The Morgan fingerprint density at radius 2 is 1.45 bits per heavy atom. The largest absolute Gasteiger partial charge is 0.461 e. The van der Waals surface area contributed by atoms with Crippen molar-refractivity contribution in [2.45, 2.75) is 128 Å². The molecule has 11 atom stereocenters. The van der Waals surface area contributed by atoms with Crippen LogP contribution in [0, 0.1) is 16.7 Å². The fourth-order valence-corrected chi connectivity index (χ4v) is 10.9. The van der Waals surface area contributed by atoms with Gasteiger partial charge in [-0.3, -0.25) is 24.0 Å². The molecule has 0 radical (unpaired) electrons. The lowest BCUT2D eigenvalue weighted by Crippen LogP contribution is -2.82. The number of benzene rings is 3. The molecule has 7 rings (SSSR count). The van der Waals surface area contributed by atoms with Crippen molar-refractivity contribution in [3.63, 3.8) is 0 Å². The van der Waals surface area contributed by atoms with E-state index in [-0.39, 0.29) is 54.6 Å². The molecule has 3 N–H and O–H groups in total. The van der Waals surface area contributed by atoms with E-state index < -0.39 is 119 Å². The van der Waals surface area contributed by atoms with Crippen LogP contribution >= 0.6 is 0 Å². The summed E-state index contributed by atoms with van der Waals surface area (Å²) in [7, 11) is 0. The molecule has 1 aliphatic heterocycles. The van der Waals surface area contributed by atoms with Crippen molar-refractivity contribution in [3.8, 4) is 0 Å². The van der Waals surface area contributed by atoms with Crippen molar-refractivity contribution >= 4 is 47.8 Å². The second kappa shape index (κ2) is 19.8. The average molecular weight is 952 g/mol. The molecule has 366 valence electrons. The highest BCUT2D eigenvalue weighted by Gasteiger charge is 2.79. The third kappa shape index (κ3) is 9.22. The third-order valence-electron chi connectivity index (χ3n) is 14.4. The van der Waals surface area contributed by atoms with Crippen molar-refractivity contribution in [1.82, 2.24) is 5.32 Å². The number of aliphatic hydroxyl groups is 2. The van der Waals surface area contributed by atoms with Crippen LogP contribution in [0.5, 0.6) is 0 Å². The average Bonchev–Trinajstić information content (AvgIpc) is 3.31. The van der Waals surface area contributed by atoms with Crippen LogP contribution in [0.1, 0.15) is 106 Å². The molecule has 17 heteroatoms. The number of ketones is 1. The molecular formula is C52H57NO16. The number of fused-ring (bicyclic) bond motifs is 5. The van der Waals surface area contributed by atoms with Gasteiger partial charge < -0.3 is 48.7 Å². The van der Waals surface area contributed by atoms with Gasteiger partial charge in [-0.1, -0.05) is 80.6 Å². The highest BCUT2D eigenvalue weighted by atomic mass is 16.6. The summed E-state index contributed by atoms with van der Waals surface area (Å²) in [6.07, 6.45) is -10.3. The van der Waals surface area contributed by atoms with E-state index in [2.05, 4.69) is 5.32 Å². The van der Waals surface area contributed by atoms with Crippen molar-refractivity contribution < 1.29 is 77.0 Å². The summed E-state index contributed by atoms with van der Waals surface area (Å²) >= 11 is 0. The molecule has 0 aromatic heterocycles. The molecule has 3 aliphatic carbocycles. The zero-order valence-corrected chi connectivity index (χ0v) is 39.2. The van der Waals surface area contributed by atoms with Crippen molar-refractivity contribution in [3.05, 3.63) is 119 Å². The Labute approximate surface area is 398 Å². The number of rotatable bonds is 15. The monoisotopic (exact) mass is 951 g/mol. The molecular weight excluding hydrogens is 895 g/mol. The number of hydrogen-bond acceptors (Lipinski definition) is 16. The minimum Gasteiger partial charge on any atom is -0.461 e. The van der Waals surface area contributed by atoms with Gasteiger partial charge in [0, 0.05) is 50.5 Å². The quantitative estimate of drug-likeness (QED) is 0.0617. The second-order valence-corrected chi connectivity index (χ2v) is 18.9. The molecule has 0 spiro atoms. The minimum absolute atomic E-state index is 0.0297. The number of amides is 1. The lowest BCUT2D eigenvalue weighted by Gasteiger charge is -2.67. The zero-order chi connectivity index (χ0) is 50.1. The van der Waals surface area contributed by atoms with Gasteiger partial charge in [0.25, 0.3) is 5.91 Å². The SMILES string of the molecule is CC(=O)O[C@H]1C(=O)[C@]2(C)[C@@H](OC(=O)CCCC=O)C[C@H]3OC[C@@]3(OC(C)=O)[C@H]2[C@H](OC(=O)c2ccccc2)[C@]2(O)C[C@H](OC(=O)[C@H](O)[C@H](NC(=O)c3ccccc3)c3ccccc3)C(C)=C1C2(C)C. The Bertz CT molecular complexity index is 2510. The predicted octanol–water partition coefficient (Wildman–Crippen LogP) is 4.66. The first-order chi connectivity index (χ1) is 32.7. The van der Waals surface area contributed by atoms with E-state index in [0.717, 1.165) is 13.8 Å². The van der Waals surface area contributed by atoms with Gasteiger partial charge in [0.15, 0.2) is 23.6 Å². The molecule has 3 aromatic rings. The third-order valence-corrected chi connectivity index (χ3v) is 14.4. The Kier molecular flexibility index (Phi) is 14.4. The molecule has 3 fully saturated rings. The summed E-state index contributed by atoms with van der Waals surface area (Å²) in [6.45, 7) is 7.83. The highest BCUT2D eigenvalue weighted by Crippen LogP contribution is 2.65. The second-order valence-electron chi connectivity index (χ2n) is 18.9. The summed E-state index contributed by atoms with van der Waals surface area (Å²) in [5.41, 5.74) is -7.53. The van der Waals surface area contributed by atoms with Crippen LogP contribution < -0.4 is 5.32 Å². The molecule has 17 nitrogen and oxygen atoms in total. The predicted molar refractivity (Wildman–Crippen MR) is 241 cm³/mol. The van der Waals surface area contributed by atoms with E-state index in [1.54, 1.807) is 92.7 Å². The summed E-state index contributed by atoms with van der Waals surface area (Å²) < 4.78 is 37.0. The molecule has 69 heavy (non-hydrogen) atoms. The molecule has 4 aliphatic rings. The Balaban J connectivity index is 1.41. The van der Waals surface area contributed by atoms with Crippen molar-refractivity contribution in [1.29, 1.82) is 0 Å². The fraction of sp³-hybridized carbons (Fsp3) is 0.462. The summed E-state index contributed by atoms with van der Waals surface area (Å²) in [5, 5.41) is 28.6. The first-order valence-corrected chi connectivity index (χ1v) is 22.9. The molecule has 1 amide bonds. The van der Waals surface area contributed by atoms with Crippen LogP contribution in [0.25, 0.3) is 0 Å². The number of carbonyl (C=O) groups is 8. The smallest absolute Gasteiger partial charge is 0.338 e. The molecule has 3 aromatic carbocycles. The van der Waals surface area contributed by atoms with Crippen LogP contribution in [0.3, 0.4) is 0 Å². The van der Waals surface area contributed by atoms with Crippen LogP contribution in [0.2, 0.25) is 0 Å². The van der Waals surface area contributed by atoms with E-state index in [4.69, 9.17) is 28.4 Å². The Morgan fingerprint density at radius 1 is 0.841 bits per heavy atom. The first-order valence-electron chi connectivity index (χ1n) is 22.9. The summed E-state index contributed by atoms with van der Waals surface area (Å²) in [5.74, 6) is -7.95. The molecule has 2 saturated carbocycles. The minimum atomic E-state index is -2.48. The number of aldehydes is 1. The van der Waals surface area contributed by atoms with Gasteiger partial charge in [0.1, 0.15) is 36.3 Å². The summed E-state index contributed by atoms with van der Waals surface area (Å²) in [4.78, 5) is 110. The number of Topliss-reactive ketones (excluding diaryl/α,β-unsaturated/α-hetero) is 1. The topological polar surface area (TPSA) is 244 Å². The fourth-order valence-electron chi connectivity index (χ4n) is 10.9. The van der Waals surface area contributed by atoms with Gasteiger partial charge in [-0.25, -0.2) is 9.59 Å². The van der Waals surface area contributed by atoms with Crippen LogP contribution in [-0.2, 0) is 57.2 Å². The van der Waals surface area contributed by atoms with E-state index in [1.807, 2.05) is 0 Å². The maximum Gasteiger partial charge on any atom is 0.338 e. The number of unbranched alkanes of at least 4 members (excludes halogenated alkanes) is 1. The van der Waals surface area contributed by atoms with E-state index in [1.165, 1.54) is 26.0 Å². The normalized spacial score (nSPS) is 29.7. The lowest BCUT2D eigenvalue weighted by atomic mass is 9.44. The first kappa shape index (κ1) is 50.3. The standard InChI is InChI=1S/C52H57NO16/c1-29-35(66-48(62)41(58)40(32-18-10-7-11-19-32)53-46(60)33-20-12-8-13-21-33)27-52(63)45(68-47(61)34-22-14-9-15-23-34)43-50(6,44(59)42(65-30(2)55)39(29)49(52,4)5)36(67-38(57)24-16-17-25-54)26-37-51(43,28-64-37)69-31(3)56/h7-15,18-23,25,35-37,40-43,45,58,63H,16-17,24,26-28H2,1-6H3,(H,53,60)/t35-,36-,37+,40+,41+,42+,43-,45-,50+,51-,52+/m0/s1. The highest BCUT2D eigenvalue weighted by molar-refractivity contribution is 5.96. The van der Waals surface area contributed by atoms with Gasteiger partial charge in [-0.05, 0) is 61.2 Å². The van der Waals surface area contributed by atoms with Gasteiger partial charge in [0.2, 0.25) is 0 Å². The molecule has 2 bridgehead atoms. The maximum absolute atomic E-state index is 16.0. The number of hydrogen-bond donors (Lipinski definition) is 3. The Morgan fingerprint density at radius 3 is 2.01 bits per heavy atom. The van der Waals surface area contributed by atoms with E-state index in [0.29, 0.717) is 11.8 Å². The molecule has 1 heterocycles. The van der Waals surface area contributed by atoms with Gasteiger partial charge in [0.05, 0.1) is 29.5 Å². The number of ether oxygens (including phenoxy) is 6. The number of esters is 5. The van der Waals surface area contributed by atoms with E-state index >= 15 is 4.79 Å². The number of aliphatic hydroxyl groups excluding tert-OH is 1. The van der Waals surface area contributed by atoms with Crippen LogP contribution in [0.15, 0.2) is 102 Å². The van der Waals surface area contributed by atoms with Crippen molar-refractivity contribution in [2.24, 2.45) is 16.7 Å². The maximum atomic E-state index is 16.0. The van der Waals surface area contributed by atoms with Crippen molar-refractivity contribution in [2.75, 3.05) is 6.61 Å². The number of nitrogens with one attached hydrogen (secondary N) is 1. The van der Waals surface area contributed by atoms with Gasteiger partial charge >= 0.3 is 29.8 Å². The van der Waals surface area contributed by atoms with Crippen LogP contribution in [-0.4, -0.2) is 112 Å². The summed E-state index contributed by atoms with van der Waals surface area (Å²) in [6, 6.07) is 22.7. The van der Waals surface area contributed by atoms with Crippen LogP contribution in [0.4, 0.5) is 0 Å². The van der Waals surface area contributed by atoms with Gasteiger partial charge in [-0.2, -0.15) is 0 Å². The van der Waals surface area contributed by atoms with Gasteiger partial charge in [-0.15, -0.1) is 0 Å². The van der Waals surface area contributed by atoms with E-state index in [9.17, 15) is 43.8 Å². The Hall–Kier alpha value is -6.56.